The highest BCUT2D eigenvalue weighted by Gasteiger charge is 2.37. The van der Waals surface area contributed by atoms with Gasteiger partial charge in [-0.1, -0.05) is 25.0 Å². The van der Waals surface area contributed by atoms with Crippen molar-refractivity contribution in [3.63, 3.8) is 0 Å². The molecule has 0 radical (unpaired) electrons. The van der Waals surface area contributed by atoms with Crippen molar-refractivity contribution in [3.05, 3.63) is 35.4 Å². The fourth-order valence-electron chi connectivity index (χ4n) is 3.37. The number of hydrogen-bond donors (Lipinski definition) is 0. The Morgan fingerprint density at radius 3 is 2.29 bits per heavy atom. The van der Waals surface area contributed by atoms with Crippen molar-refractivity contribution in [2.24, 2.45) is 0 Å². The topological polar surface area (TPSA) is 44.1 Å². The van der Waals surface area contributed by atoms with Crippen LogP contribution in [0.25, 0.3) is 0 Å². The van der Waals surface area contributed by atoms with Crippen LogP contribution < -0.4 is 0 Å². The van der Waals surface area contributed by atoms with Gasteiger partial charge in [0.1, 0.15) is 0 Å². The Balaban J connectivity index is 1.57. The van der Waals surface area contributed by atoms with Crippen molar-refractivity contribution in [2.75, 3.05) is 0 Å². The van der Waals surface area contributed by atoms with E-state index in [0.29, 0.717) is 30.0 Å². The highest BCUT2D eigenvalue weighted by atomic mass is 16.2. The van der Waals surface area contributed by atoms with E-state index in [2.05, 4.69) is 11.0 Å². The molecular formula is C18H22N2O. The van der Waals surface area contributed by atoms with Gasteiger partial charge in [0.2, 0.25) is 5.91 Å². The smallest absolute Gasteiger partial charge is 0.223 e. The Hall–Kier alpha value is -1.82. The van der Waals surface area contributed by atoms with Gasteiger partial charge >= 0.3 is 0 Å². The molecule has 2 fully saturated rings. The second-order valence-electron chi connectivity index (χ2n) is 6.28. The van der Waals surface area contributed by atoms with Crippen molar-refractivity contribution in [1.82, 2.24) is 4.90 Å². The Bertz CT molecular complexity index is 533. The van der Waals surface area contributed by atoms with Gasteiger partial charge in [-0.3, -0.25) is 4.79 Å². The third-order valence-corrected chi connectivity index (χ3v) is 4.66. The third-order valence-electron chi connectivity index (χ3n) is 4.66. The molecule has 1 aromatic rings. The molecule has 3 heteroatoms. The summed E-state index contributed by atoms with van der Waals surface area (Å²) in [5.74, 6) is 0.328. The number of hydrogen-bond acceptors (Lipinski definition) is 2. The van der Waals surface area contributed by atoms with E-state index in [9.17, 15) is 4.79 Å². The van der Waals surface area contributed by atoms with Crippen LogP contribution >= 0.6 is 0 Å². The van der Waals surface area contributed by atoms with Gasteiger partial charge < -0.3 is 4.90 Å². The van der Waals surface area contributed by atoms with Crippen LogP contribution in [0.15, 0.2) is 24.3 Å². The van der Waals surface area contributed by atoms with Crippen LogP contribution in [0.4, 0.5) is 0 Å². The Morgan fingerprint density at radius 2 is 1.71 bits per heavy atom. The minimum atomic E-state index is 0.328. The molecule has 0 N–H and O–H groups in total. The maximum absolute atomic E-state index is 12.6. The molecule has 3 rings (SSSR count). The number of carbonyl (C=O) groups is 1. The number of benzene rings is 1. The predicted molar refractivity (Wildman–Crippen MR) is 81.6 cm³/mol. The molecule has 2 aliphatic rings. The largest absolute Gasteiger partial charge is 0.337 e. The molecule has 1 amide bonds. The Kier molecular flexibility index (Phi) is 4.24. The number of carbonyl (C=O) groups excluding carboxylic acids is 1. The summed E-state index contributed by atoms with van der Waals surface area (Å²) in [4.78, 5) is 14.8. The first kappa shape index (κ1) is 14.1. The van der Waals surface area contributed by atoms with E-state index in [1.165, 1.54) is 38.5 Å². The zero-order chi connectivity index (χ0) is 14.7. The summed E-state index contributed by atoms with van der Waals surface area (Å²) in [6, 6.07) is 10.7. The zero-order valence-electron chi connectivity index (χ0n) is 12.4. The van der Waals surface area contributed by atoms with Gasteiger partial charge in [-0.15, -0.1) is 0 Å². The molecule has 1 aromatic carbocycles. The third kappa shape index (κ3) is 3.44. The van der Waals surface area contributed by atoms with Gasteiger partial charge in [0, 0.05) is 18.5 Å². The molecule has 0 unspecified atom stereocenters. The molecule has 0 heterocycles. The van der Waals surface area contributed by atoms with Crippen LogP contribution in [-0.2, 0) is 11.2 Å². The summed E-state index contributed by atoms with van der Waals surface area (Å²) in [6.07, 6.45) is 8.70. The lowest BCUT2D eigenvalue weighted by molar-refractivity contribution is -0.134. The molecular weight excluding hydrogens is 260 g/mol. The van der Waals surface area contributed by atoms with Crippen molar-refractivity contribution >= 4 is 5.91 Å². The second-order valence-corrected chi connectivity index (χ2v) is 6.28. The van der Waals surface area contributed by atoms with Gasteiger partial charge in [-0.05, 0) is 49.8 Å². The molecule has 0 atom stereocenters. The molecule has 2 saturated carbocycles. The van der Waals surface area contributed by atoms with Crippen molar-refractivity contribution in [3.8, 4) is 6.07 Å². The van der Waals surface area contributed by atoms with Crippen LogP contribution in [0.3, 0.4) is 0 Å². The quantitative estimate of drug-likeness (QED) is 0.830. The second kappa shape index (κ2) is 6.30. The van der Waals surface area contributed by atoms with Crippen molar-refractivity contribution in [1.29, 1.82) is 5.26 Å². The molecule has 0 spiro atoms. The van der Waals surface area contributed by atoms with E-state index < -0.39 is 0 Å². The van der Waals surface area contributed by atoms with Gasteiger partial charge in [-0.25, -0.2) is 0 Å². The lowest BCUT2D eigenvalue weighted by Gasteiger charge is -2.29. The van der Waals surface area contributed by atoms with E-state index in [1.807, 2.05) is 24.3 Å². The lowest BCUT2D eigenvalue weighted by Crippen LogP contribution is -2.40. The minimum absolute atomic E-state index is 0.328. The summed E-state index contributed by atoms with van der Waals surface area (Å²) in [7, 11) is 0. The average molecular weight is 282 g/mol. The number of aryl methyl sites for hydroxylation is 1. The number of rotatable bonds is 5. The van der Waals surface area contributed by atoms with Gasteiger partial charge in [-0.2, -0.15) is 5.26 Å². The number of amides is 1. The van der Waals surface area contributed by atoms with E-state index >= 15 is 0 Å². The maximum atomic E-state index is 12.6. The molecule has 0 aromatic heterocycles. The van der Waals surface area contributed by atoms with Crippen molar-refractivity contribution < 1.29 is 4.79 Å². The average Bonchev–Trinajstić information content (AvgIpc) is 3.20. The SMILES string of the molecule is N#Cc1ccc(CCC(=O)N(C2CCCC2)C2CC2)cc1. The Labute approximate surface area is 126 Å². The van der Waals surface area contributed by atoms with Crippen LogP contribution in [0.1, 0.15) is 56.1 Å². The fraction of sp³-hybridized carbons (Fsp3) is 0.556. The molecule has 110 valence electrons. The van der Waals surface area contributed by atoms with Crippen LogP contribution in [0, 0.1) is 11.3 Å². The maximum Gasteiger partial charge on any atom is 0.223 e. The normalized spacial score (nSPS) is 18.4. The summed E-state index contributed by atoms with van der Waals surface area (Å²) in [5.41, 5.74) is 1.82. The highest BCUT2D eigenvalue weighted by Crippen LogP contribution is 2.35. The first-order valence-corrected chi connectivity index (χ1v) is 8.08. The van der Waals surface area contributed by atoms with E-state index in [-0.39, 0.29) is 0 Å². The summed E-state index contributed by atoms with van der Waals surface area (Å²) in [6.45, 7) is 0. The molecule has 0 bridgehead atoms. The zero-order valence-corrected chi connectivity index (χ0v) is 12.4. The van der Waals surface area contributed by atoms with Gasteiger partial charge in [0.15, 0.2) is 0 Å². The molecule has 21 heavy (non-hydrogen) atoms. The standard InChI is InChI=1S/C18H22N2O/c19-13-15-7-5-14(6-8-15)9-12-18(21)20(17-10-11-17)16-3-1-2-4-16/h5-8,16-17H,1-4,9-12H2. The first-order valence-electron chi connectivity index (χ1n) is 8.08. The summed E-state index contributed by atoms with van der Waals surface area (Å²) >= 11 is 0. The molecule has 0 saturated heterocycles. The summed E-state index contributed by atoms with van der Waals surface area (Å²) < 4.78 is 0. The minimum Gasteiger partial charge on any atom is -0.337 e. The van der Waals surface area contributed by atoms with E-state index in [4.69, 9.17) is 5.26 Å². The van der Waals surface area contributed by atoms with Gasteiger partial charge in [0.05, 0.1) is 11.6 Å². The lowest BCUT2D eigenvalue weighted by atomic mass is 10.1. The van der Waals surface area contributed by atoms with Crippen LogP contribution in [-0.4, -0.2) is 22.9 Å². The van der Waals surface area contributed by atoms with Crippen molar-refractivity contribution in [2.45, 2.75) is 63.5 Å². The van der Waals surface area contributed by atoms with Crippen LogP contribution in [0.2, 0.25) is 0 Å². The molecule has 3 nitrogen and oxygen atoms in total. The predicted octanol–water partition coefficient (Wildman–Crippen LogP) is 3.42. The number of nitriles is 1. The van der Waals surface area contributed by atoms with Gasteiger partial charge in [0.25, 0.3) is 0 Å². The van der Waals surface area contributed by atoms with Crippen LogP contribution in [0.5, 0.6) is 0 Å². The van der Waals surface area contributed by atoms with E-state index in [1.54, 1.807) is 0 Å². The molecule has 2 aliphatic carbocycles. The highest BCUT2D eigenvalue weighted by molar-refractivity contribution is 5.77. The first-order chi connectivity index (χ1) is 10.3. The number of nitrogens with zero attached hydrogens (tertiary/aromatic N) is 2. The monoisotopic (exact) mass is 282 g/mol. The summed E-state index contributed by atoms with van der Waals surface area (Å²) in [5, 5.41) is 8.80. The molecule has 0 aliphatic heterocycles. The fourth-order valence-corrected chi connectivity index (χ4v) is 3.37. The van der Waals surface area contributed by atoms with E-state index in [0.717, 1.165) is 12.0 Å². The Morgan fingerprint density at radius 1 is 1.10 bits per heavy atom.